The third-order valence-corrected chi connectivity index (χ3v) is 2.48. The van der Waals surface area contributed by atoms with Crippen LogP contribution >= 0.6 is 0 Å². The quantitative estimate of drug-likeness (QED) is 0.715. The molecule has 0 saturated carbocycles. The second-order valence-corrected chi connectivity index (χ2v) is 3.84. The molecule has 0 atom stereocenters. The number of nitrogens with one attached hydrogen (secondary N) is 1. The predicted octanol–water partition coefficient (Wildman–Crippen LogP) is 1.43. The molecule has 0 fully saturated rings. The van der Waals surface area contributed by atoms with Gasteiger partial charge in [-0.15, -0.1) is 0 Å². The van der Waals surface area contributed by atoms with Crippen LogP contribution in [0.5, 0.6) is 0 Å². The van der Waals surface area contributed by atoms with Crippen molar-refractivity contribution in [2.45, 2.75) is 20.4 Å². The zero-order chi connectivity index (χ0) is 11.1. The summed E-state index contributed by atoms with van der Waals surface area (Å²) in [5.41, 5.74) is 2.45. The van der Waals surface area contributed by atoms with Gasteiger partial charge in [0.05, 0.1) is 0 Å². The molecular weight excluding hydrogens is 186 g/mol. The number of hydrogen-bond donors (Lipinski definition) is 1. The number of likely N-dealkylation sites (N-methyl/N-ethyl adjacent to an activating group) is 2. The van der Waals surface area contributed by atoms with Gasteiger partial charge in [-0.05, 0) is 32.1 Å². The summed E-state index contributed by atoms with van der Waals surface area (Å²) in [4.78, 5) is 6.60. The van der Waals surface area contributed by atoms with Gasteiger partial charge in [-0.2, -0.15) is 0 Å². The maximum Gasteiger partial charge on any atom is 0.0417 e. The molecule has 0 aliphatic heterocycles. The van der Waals surface area contributed by atoms with Crippen molar-refractivity contribution in [2.75, 3.05) is 26.7 Å². The van der Waals surface area contributed by atoms with E-state index < -0.39 is 0 Å². The molecule has 1 N–H and O–H groups in total. The van der Waals surface area contributed by atoms with Crippen LogP contribution in [0.3, 0.4) is 0 Å². The third-order valence-electron chi connectivity index (χ3n) is 2.48. The van der Waals surface area contributed by atoms with Crippen LogP contribution in [0.1, 0.15) is 18.2 Å². The first kappa shape index (κ1) is 12.1. The Balaban J connectivity index is 2.37. The van der Waals surface area contributed by atoms with Crippen LogP contribution in [0.25, 0.3) is 0 Å². The monoisotopic (exact) mass is 207 g/mol. The third kappa shape index (κ3) is 4.40. The summed E-state index contributed by atoms with van der Waals surface area (Å²) < 4.78 is 0. The molecule has 0 bridgehead atoms. The first-order valence-electron chi connectivity index (χ1n) is 5.53. The highest BCUT2D eigenvalue weighted by Crippen LogP contribution is 2.05. The highest BCUT2D eigenvalue weighted by Gasteiger charge is 2.02. The lowest BCUT2D eigenvalue weighted by Gasteiger charge is -2.17. The molecule has 84 valence electrons. The van der Waals surface area contributed by atoms with E-state index in [0.29, 0.717) is 0 Å². The zero-order valence-electron chi connectivity index (χ0n) is 9.95. The molecule has 0 aromatic carbocycles. The molecule has 3 nitrogen and oxygen atoms in total. The smallest absolute Gasteiger partial charge is 0.0417 e. The van der Waals surface area contributed by atoms with Gasteiger partial charge >= 0.3 is 0 Å². The summed E-state index contributed by atoms with van der Waals surface area (Å²) in [7, 11) is 2.14. The van der Waals surface area contributed by atoms with Gasteiger partial charge in [0.25, 0.3) is 0 Å². The van der Waals surface area contributed by atoms with Crippen LogP contribution in [-0.2, 0) is 6.54 Å². The topological polar surface area (TPSA) is 28.2 Å². The first-order valence-corrected chi connectivity index (χ1v) is 5.53. The van der Waals surface area contributed by atoms with Gasteiger partial charge in [0.2, 0.25) is 0 Å². The molecule has 1 rings (SSSR count). The molecule has 0 unspecified atom stereocenters. The molecule has 0 spiro atoms. The molecule has 1 aromatic rings. The van der Waals surface area contributed by atoms with Crippen molar-refractivity contribution >= 4 is 0 Å². The number of aromatic nitrogens is 1. The fraction of sp³-hybridized carbons (Fsp3) is 0.583. The van der Waals surface area contributed by atoms with Crippen molar-refractivity contribution in [1.29, 1.82) is 0 Å². The summed E-state index contributed by atoms with van der Waals surface area (Å²) >= 11 is 0. The lowest BCUT2D eigenvalue weighted by molar-refractivity contribution is 0.324. The fourth-order valence-electron chi connectivity index (χ4n) is 1.50. The van der Waals surface area contributed by atoms with Crippen molar-refractivity contribution in [3.05, 3.63) is 29.6 Å². The Hall–Kier alpha value is -0.930. The molecule has 0 radical (unpaired) electrons. The molecule has 0 aliphatic rings. The van der Waals surface area contributed by atoms with Crippen molar-refractivity contribution in [1.82, 2.24) is 15.2 Å². The van der Waals surface area contributed by atoms with Gasteiger partial charge in [-0.25, -0.2) is 0 Å². The Labute approximate surface area is 92.5 Å². The van der Waals surface area contributed by atoms with Gasteiger partial charge in [-0.1, -0.05) is 13.0 Å². The van der Waals surface area contributed by atoms with Gasteiger partial charge in [0.15, 0.2) is 0 Å². The molecule has 1 aromatic heterocycles. The van der Waals surface area contributed by atoms with E-state index in [9.17, 15) is 0 Å². The number of rotatable bonds is 6. The van der Waals surface area contributed by atoms with Crippen molar-refractivity contribution in [3.8, 4) is 0 Å². The molecule has 0 aliphatic carbocycles. The van der Waals surface area contributed by atoms with Gasteiger partial charge in [0, 0.05) is 31.5 Å². The zero-order valence-corrected chi connectivity index (χ0v) is 9.95. The van der Waals surface area contributed by atoms with Gasteiger partial charge in [-0.3, -0.25) is 4.98 Å². The van der Waals surface area contributed by atoms with E-state index in [1.54, 1.807) is 0 Å². The second kappa shape index (κ2) is 6.53. The molecule has 3 heteroatoms. The number of aryl methyl sites for hydroxylation is 1. The Morgan fingerprint density at radius 1 is 1.47 bits per heavy atom. The van der Waals surface area contributed by atoms with Gasteiger partial charge in [0.1, 0.15) is 0 Å². The van der Waals surface area contributed by atoms with E-state index in [1.807, 2.05) is 12.3 Å². The Morgan fingerprint density at radius 3 is 2.93 bits per heavy atom. The Kier molecular flexibility index (Phi) is 5.29. The maximum absolute atomic E-state index is 4.29. The Bertz CT molecular complexity index is 286. The van der Waals surface area contributed by atoms with E-state index in [4.69, 9.17) is 0 Å². The SMILES string of the molecule is CCNCCN(C)Cc1cccnc1C. The summed E-state index contributed by atoms with van der Waals surface area (Å²) in [6.07, 6.45) is 1.84. The molecule has 0 saturated heterocycles. The normalized spacial score (nSPS) is 10.9. The standard InChI is InChI=1S/C12H21N3/c1-4-13-8-9-15(3)10-12-6-5-7-14-11(12)2/h5-7,13H,4,8-10H2,1-3H3. The Morgan fingerprint density at radius 2 is 2.27 bits per heavy atom. The summed E-state index contributed by atoms with van der Waals surface area (Å²) in [5, 5.41) is 3.32. The van der Waals surface area contributed by atoms with Crippen molar-refractivity contribution < 1.29 is 0 Å². The van der Waals surface area contributed by atoms with Crippen LogP contribution in [0.15, 0.2) is 18.3 Å². The van der Waals surface area contributed by atoms with E-state index in [2.05, 4.69) is 42.2 Å². The second-order valence-electron chi connectivity index (χ2n) is 3.84. The number of nitrogens with zero attached hydrogens (tertiary/aromatic N) is 2. The highest BCUT2D eigenvalue weighted by atomic mass is 15.1. The molecule has 15 heavy (non-hydrogen) atoms. The number of pyridine rings is 1. The number of hydrogen-bond acceptors (Lipinski definition) is 3. The largest absolute Gasteiger partial charge is 0.316 e. The minimum atomic E-state index is 0.977. The maximum atomic E-state index is 4.29. The van der Waals surface area contributed by atoms with E-state index in [-0.39, 0.29) is 0 Å². The lowest BCUT2D eigenvalue weighted by Crippen LogP contribution is -2.29. The van der Waals surface area contributed by atoms with Crippen LogP contribution in [-0.4, -0.2) is 36.6 Å². The van der Waals surface area contributed by atoms with Crippen molar-refractivity contribution in [3.63, 3.8) is 0 Å². The first-order chi connectivity index (χ1) is 7.24. The van der Waals surface area contributed by atoms with E-state index >= 15 is 0 Å². The van der Waals surface area contributed by atoms with Gasteiger partial charge < -0.3 is 10.2 Å². The lowest BCUT2D eigenvalue weighted by atomic mass is 10.2. The summed E-state index contributed by atoms with van der Waals surface area (Å²) in [6.45, 7) is 8.33. The fourth-order valence-corrected chi connectivity index (χ4v) is 1.50. The minimum absolute atomic E-state index is 0.977. The van der Waals surface area contributed by atoms with Crippen LogP contribution in [0.2, 0.25) is 0 Å². The van der Waals surface area contributed by atoms with E-state index in [1.165, 1.54) is 5.56 Å². The summed E-state index contributed by atoms with van der Waals surface area (Å²) in [6, 6.07) is 4.15. The molecule has 1 heterocycles. The van der Waals surface area contributed by atoms with Crippen LogP contribution in [0.4, 0.5) is 0 Å². The van der Waals surface area contributed by atoms with Crippen LogP contribution < -0.4 is 5.32 Å². The summed E-state index contributed by atoms with van der Waals surface area (Å²) in [5.74, 6) is 0. The van der Waals surface area contributed by atoms with Crippen molar-refractivity contribution in [2.24, 2.45) is 0 Å². The average molecular weight is 207 g/mol. The minimum Gasteiger partial charge on any atom is -0.316 e. The van der Waals surface area contributed by atoms with Crippen LogP contribution in [0, 0.1) is 6.92 Å². The highest BCUT2D eigenvalue weighted by molar-refractivity contribution is 5.17. The molecule has 0 amide bonds. The molecular formula is C12H21N3. The average Bonchev–Trinajstić information content (AvgIpc) is 2.22. The van der Waals surface area contributed by atoms with E-state index in [0.717, 1.165) is 31.9 Å². The predicted molar refractivity (Wildman–Crippen MR) is 63.9 cm³/mol.